The summed E-state index contributed by atoms with van der Waals surface area (Å²) in [4.78, 5) is 4.30. The molecule has 1 fully saturated rings. The Hall–Kier alpha value is -0.830. The lowest BCUT2D eigenvalue weighted by molar-refractivity contribution is 0.498. The molecule has 16 heavy (non-hydrogen) atoms. The van der Waals surface area contributed by atoms with E-state index in [1.165, 1.54) is 25.0 Å². The lowest BCUT2D eigenvalue weighted by atomic mass is 10.0. The molecule has 0 spiro atoms. The predicted molar refractivity (Wildman–Crippen MR) is 66.5 cm³/mol. The first-order valence-corrected chi connectivity index (χ1v) is 6.48. The molecule has 2 rings (SSSR count). The molecule has 1 saturated heterocycles. The van der Waals surface area contributed by atoms with E-state index in [0.29, 0.717) is 5.92 Å². The van der Waals surface area contributed by atoms with Crippen LogP contribution in [0.2, 0.25) is 0 Å². The van der Waals surface area contributed by atoms with Gasteiger partial charge in [-0.3, -0.25) is 0 Å². The van der Waals surface area contributed by atoms with Crippen molar-refractivity contribution in [1.82, 2.24) is 14.9 Å². The van der Waals surface area contributed by atoms with Gasteiger partial charge in [-0.25, -0.2) is 4.98 Å². The maximum absolute atomic E-state index is 4.30. The third kappa shape index (κ3) is 2.85. The lowest BCUT2D eigenvalue weighted by Crippen LogP contribution is -2.11. The highest BCUT2D eigenvalue weighted by atomic mass is 15.1. The van der Waals surface area contributed by atoms with E-state index in [-0.39, 0.29) is 0 Å². The molecule has 0 amide bonds. The molecule has 1 atom stereocenters. The molecule has 1 unspecified atom stereocenters. The van der Waals surface area contributed by atoms with Gasteiger partial charge in [-0.05, 0) is 31.7 Å². The van der Waals surface area contributed by atoms with Crippen molar-refractivity contribution in [1.29, 1.82) is 0 Å². The summed E-state index contributed by atoms with van der Waals surface area (Å²) in [5, 5.41) is 3.42. The topological polar surface area (TPSA) is 29.9 Å². The second-order valence-electron chi connectivity index (χ2n) is 5.24. The van der Waals surface area contributed by atoms with Crippen LogP contribution in [0, 0.1) is 5.92 Å². The highest BCUT2D eigenvalue weighted by Crippen LogP contribution is 2.22. The third-order valence-corrected chi connectivity index (χ3v) is 3.40. The summed E-state index contributed by atoms with van der Waals surface area (Å²) in [7, 11) is 0. The van der Waals surface area contributed by atoms with Crippen molar-refractivity contribution in [3.05, 3.63) is 18.2 Å². The van der Waals surface area contributed by atoms with Crippen molar-refractivity contribution in [3.63, 3.8) is 0 Å². The van der Waals surface area contributed by atoms with E-state index in [0.717, 1.165) is 25.6 Å². The van der Waals surface area contributed by atoms with E-state index in [1.807, 2.05) is 12.5 Å². The summed E-state index contributed by atoms with van der Waals surface area (Å²) in [5.74, 6) is 1.49. The van der Waals surface area contributed by atoms with Crippen LogP contribution in [-0.2, 0) is 6.54 Å². The molecule has 1 aromatic heterocycles. The van der Waals surface area contributed by atoms with E-state index < -0.39 is 0 Å². The Bertz CT molecular complexity index is 311. The number of imidazole rings is 1. The van der Waals surface area contributed by atoms with Gasteiger partial charge >= 0.3 is 0 Å². The Labute approximate surface area is 98.3 Å². The van der Waals surface area contributed by atoms with Crippen molar-refractivity contribution >= 4 is 0 Å². The monoisotopic (exact) mass is 221 g/mol. The predicted octanol–water partition coefficient (Wildman–Crippen LogP) is 2.40. The largest absolute Gasteiger partial charge is 0.334 e. The molecule has 0 bridgehead atoms. The Morgan fingerprint density at radius 2 is 2.44 bits per heavy atom. The number of aromatic nitrogens is 2. The van der Waals surface area contributed by atoms with Crippen molar-refractivity contribution in [2.75, 3.05) is 13.1 Å². The standard InChI is InChI=1S/C13H23N3/c1-11(2)4-3-7-16-10-15-9-13(16)12-5-6-14-8-12/h9-12,14H,3-8H2,1-2H3. The molecule has 90 valence electrons. The minimum atomic E-state index is 0.682. The second-order valence-corrected chi connectivity index (χ2v) is 5.24. The Morgan fingerprint density at radius 3 is 3.12 bits per heavy atom. The normalized spacial score (nSPS) is 20.8. The highest BCUT2D eigenvalue weighted by molar-refractivity contribution is 5.09. The number of hydrogen-bond acceptors (Lipinski definition) is 2. The summed E-state index contributed by atoms with van der Waals surface area (Å²) < 4.78 is 2.35. The van der Waals surface area contributed by atoms with Crippen LogP contribution in [0.15, 0.2) is 12.5 Å². The number of nitrogens with zero attached hydrogens (tertiary/aromatic N) is 2. The average molecular weight is 221 g/mol. The van der Waals surface area contributed by atoms with Crippen LogP contribution in [0.4, 0.5) is 0 Å². The summed E-state index contributed by atoms with van der Waals surface area (Å²) in [6, 6.07) is 0. The second kappa shape index (κ2) is 5.48. The van der Waals surface area contributed by atoms with Crippen LogP contribution in [0.1, 0.15) is 44.7 Å². The van der Waals surface area contributed by atoms with Crippen LogP contribution >= 0.6 is 0 Å². The van der Waals surface area contributed by atoms with Gasteiger partial charge in [0, 0.05) is 30.9 Å². The molecule has 0 aliphatic carbocycles. The number of hydrogen-bond donors (Lipinski definition) is 1. The molecular formula is C13H23N3. The van der Waals surface area contributed by atoms with Crippen molar-refractivity contribution in [3.8, 4) is 0 Å². The fourth-order valence-corrected chi connectivity index (χ4v) is 2.43. The maximum atomic E-state index is 4.30. The Balaban J connectivity index is 1.91. The molecule has 2 heterocycles. The van der Waals surface area contributed by atoms with E-state index in [4.69, 9.17) is 0 Å². The van der Waals surface area contributed by atoms with Crippen LogP contribution in [0.25, 0.3) is 0 Å². The summed E-state index contributed by atoms with van der Waals surface area (Å²) >= 11 is 0. The molecule has 1 N–H and O–H groups in total. The molecule has 0 saturated carbocycles. The quantitative estimate of drug-likeness (QED) is 0.827. The summed E-state index contributed by atoms with van der Waals surface area (Å²) in [5.41, 5.74) is 1.42. The zero-order chi connectivity index (χ0) is 11.4. The minimum Gasteiger partial charge on any atom is -0.334 e. The third-order valence-electron chi connectivity index (χ3n) is 3.40. The SMILES string of the molecule is CC(C)CCCn1cncc1C1CCNC1. The van der Waals surface area contributed by atoms with Crippen LogP contribution in [-0.4, -0.2) is 22.6 Å². The molecule has 3 heteroatoms. The van der Waals surface area contributed by atoms with Gasteiger partial charge < -0.3 is 9.88 Å². The fourth-order valence-electron chi connectivity index (χ4n) is 2.43. The highest BCUT2D eigenvalue weighted by Gasteiger charge is 2.19. The molecule has 3 nitrogen and oxygen atoms in total. The summed E-state index contributed by atoms with van der Waals surface area (Å²) in [6.07, 6.45) is 7.87. The van der Waals surface area contributed by atoms with Gasteiger partial charge in [0.2, 0.25) is 0 Å². The first kappa shape index (κ1) is 11.6. The van der Waals surface area contributed by atoms with Crippen LogP contribution in [0.5, 0.6) is 0 Å². The van der Waals surface area contributed by atoms with Gasteiger partial charge in [-0.2, -0.15) is 0 Å². The van der Waals surface area contributed by atoms with Gasteiger partial charge in [0.25, 0.3) is 0 Å². The van der Waals surface area contributed by atoms with E-state index in [1.54, 1.807) is 0 Å². The zero-order valence-corrected chi connectivity index (χ0v) is 10.4. The Morgan fingerprint density at radius 1 is 1.56 bits per heavy atom. The molecule has 1 aliphatic heterocycles. The van der Waals surface area contributed by atoms with E-state index in [2.05, 4.69) is 28.7 Å². The zero-order valence-electron chi connectivity index (χ0n) is 10.4. The van der Waals surface area contributed by atoms with E-state index in [9.17, 15) is 0 Å². The van der Waals surface area contributed by atoms with Gasteiger partial charge in [0.15, 0.2) is 0 Å². The van der Waals surface area contributed by atoms with Gasteiger partial charge in [0.05, 0.1) is 6.33 Å². The first-order valence-electron chi connectivity index (χ1n) is 6.48. The summed E-state index contributed by atoms with van der Waals surface area (Å²) in [6.45, 7) is 7.98. The van der Waals surface area contributed by atoms with Crippen molar-refractivity contribution < 1.29 is 0 Å². The number of nitrogens with one attached hydrogen (secondary N) is 1. The van der Waals surface area contributed by atoms with Crippen LogP contribution < -0.4 is 5.32 Å². The van der Waals surface area contributed by atoms with Gasteiger partial charge in [0.1, 0.15) is 0 Å². The average Bonchev–Trinajstić information content (AvgIpc) is 2.84. The van der Waals surface area contributed by atoms with Gasteiger partial charge in [-0.1, -0.05) is 13.8 Å². The van der Waals surface area contributed by atoms with Crippen LogP contribution in [0.3, 0.4) is 0 Å². The molecule has 1 aromatic rings. The molecule has 0 radical (unpaired) electrons. The maximum Gasteiger partial charge on any atom is 0.0948 e. The molecular weight excluding hydrogens is 198 g/mol. The van der Waals surface area contributed by atoms with Crippen molar-refractivity contribution in [2.24, 2.45) is 5.92 Å². The molecule has 1 aliphatic rings. The molecule has 0 aromatic carbocycles. The van der Waals surface area contributed by atoms with Crippen molar-refractivity contribution in [2.45, 2.75) is 45.6 Å². The van der Waals surface area contributed by atoms with Gasteiger partial charge in [-0.15, -0.1) is 0 Å². The van der Waals surface area contributed by atoms with E-state index >= 15 is 0 Å². The Kier molecular flexibility index (Phi) is 3.99. The minimum absolute atomic E-state index is 0.682. The fraction of sp³-hybridized carbons (Fsp3) is 0.769. The smallest absolute Gasteiger partial charge is 0.0948 e. The number of aryl methyl sites for hydroxylation is 1. The first-order chi connectivity index (χ1) is 7.77. The number of rotatable bonds is 5. The lowest BCUT2D eigenvalue weighted by Gasteiger charge is -2.13.